The Morgan fingerprint density at radius 2 is 2.30 bits per heavy atom. The van der Waals surface area contributed by atoms with Gasteiger partial charge in [0.05, 0.1) is 25.2 Å². The number of likely N-dealkylation sites (tertiary alicyclic amines) is 1. The van der Waals surface area contributed by atoms with Crippen LogP contribution >= 0.6 is 0 Å². The standard InChI is InChI=1S/C14H20N4O4S/c1-23(20,21)17-7-13-11-8-18(5-2-10(11)9-22-13)14(19)12-6-15-3-4-16-12/h3-4,6,10-11,13,17H,2,5,7-9H2,1H3/t10-,11-,13+/m0/s1. The van der Waals surface area contributed by atoms with Crippen LogP contribution in [0.4, 0.5) is 0 Å². The number of hydrogen-bond donors (Lipinski definition) is 1. The topological polar surface area (TPSA) is 101 Å². The van der Waals surface area contributed by atoms with Crippen molar-refractivity contribution in [2.45, 2.75) is 12.5 Å². The number of sulfonamides is 1. The van der Waals surface area contributed by atoms with E-state index in [0.717, 1.165) is 12.7 Å². The number of piperidine rings is 1. The molecule has 0 radical (unpaired) electrons. The number of ether oxygens (including phenoxy) is 1. The molecule has 2 aliphatic rings. The third kappa shape index (κ3) is 3.85. The minimum Gasteiger partial charge on any atom is -0.376 e. The van der Waals surface area contributed by atoms with E-state index in [1.54, 1.807) is 4.90 Å². The molecule has 3 heterocycles. The van der Waals surface area contributed by atoms with Crippen LogP contribution in [0.1, 0.15) is 16.9 Å². The Labute approximate surface area is 135 Å². The second-order valence-corrected chi connectivity index (χ2v) is 7.88. The molecular formula is C14H20N4O4S. The van der Waals surface area contributed by atoms with Crippen LogP contribution in [0.2, 0.25) is 0 Å². The number of nitrogens with zero attached hydrogens (tertiary/aromatic N) is 3. The maximum absolute atomic E-state index is 12.5. The Hall–Kier alpha value is -1.58. The average Bonchev–Trinajstić information content (AvgIpc) is 2.94. The fourth-order valence-corrected chi connectivity index (χ4v) is 3.70. The molecule has 1 N–H and O–H groups in total. The summed E-state index contributed by atoms with van der Waals surface area (Å²) >= 11 is 0. The van der Waals surface area contributed by atoms with Crippen LogP contribution in [0.25, 0.3) is 0 Å². The van der Waals surface area contributed by atoms with Crippen LogP contribution in [-0.4, -0.2) is 67.8 Å². The fourth-order valence-electron chi connectivity index (χ4n) is 3.23. The summed E-state index contributed by atoms with van der Waals surface area (Å²) < 4.78 is 30.7. The second-order valence-electron chi connectivity index (χ2n) is 6.05. The van der Waals surface area contributed by atoms with Crippen molar-refractivity contribution in [1.29, 1.82) is 0 Å². The molecule has 0 unspecified atom stereocenters. The lowest BCUT2D eigenvalue weighted by atomic mass is 9.84. The third-order valence-corrected chi connectivity index (χ3v) is 5.12. The van der Waals surface area contributed by atoms with Gasteiger partial charge in [-0.05, 0) is 12.3 Å². The van der Waals surface area contributed by atoms with Gasteiger partial charge in [0.2, 0.25) is 10.0 Å². The summed E-state index contributed by atoms with van der Waals surface area (Å²) in [6, 6.07) is 0. The zero-order chi connectivity index (χ0) is 16.4. The first kappa shape index (κ1) is 16.3. The van der Waals surface area contributed by atoms with Crippen molar-refractivity contribution in [1.82, 2.24) is 19.6 Å². The summed E-state index contributed by atoms with van der Waals surface area (Å²) in [6.45, 7) is 2.07. The summed E-state index contributed by atoms with van der Waals surface area (Å²) in [6.07, 6.45) is 6.27. The number of carbonyl (C=O) groups is 1. The van der Waals surface area contributed by atoms with Crippen LogP contribution in [0.3, 0.4) is 0 Å². The van der Waals surface area contributed by atoms with Crippen molar-refractivity contribution >= 4 is 15.9 Å². The molecule has 3 rings (SSSR count). The van der Waals surface area contributed by atoms with Crippen LogP contribution in [-0.2, 0) is 14.8 Å². The van der Waals surface area contributed by atoms with Crippen molar-refractivity contribution in [3.05, 3.63) is 24.3 Å². The van der Waals surface area contributed by atoms with E-state index in [9.17, 15) is 13.2 Å². The fraction of sp³-hybridized carbons (Fsp3) is 0.643. The van der Waals surface area contributed by atoms with Gasteiger partial charge in [-0.2, -0.15) is 0 Å². The summed E-state index contributed by atoms with van der Waals surface area (Å²) in [4.78, 5) is 22.2. The van der Waals surface area contributed by atoms with E-state index in [1.807, 2.05) is 0 Å². The minimum atomic E-state index is -3.25. The Bertz CT molecular complexity index is 667. The van der Waals surface area contributed by atoms with Crippen LogP contribution in [0.15, 0.2) is 18.6 Å². The molecule has 0 saturated carbocycles. The maximum Gasteiger partial charge on any atom is 0.274 e. The van der Waals surface area contributed by atoms with Gasteiger partial charge in [-0.25, -0.2) is 18.1 Å². The van der Waals surface area contributed by atoms with E-state index in [1.165, 1.54) is 18.6 Å². The monoisotopic (exact) mass is 340 g/mol. The Morgan fingerprint density at radius 3 is 3.00 bits per heavy atom. The number of rotatable bonds is 4. The van der Waals surface area contributed by atoms with Gasteiger partial charge in [0, 0.05) is 37.9 Å². The van der Waals surface area contributed by atoms with E-state index in [4.69, 9.17) is 4.74 Å². The molecule has 2 fully saturated rings. The van der Waals surface area contributed by atoms with Crippen molar-refractivity contribution in [2.75, 3.05) is 32.5 Å². The van der Waals surface area contributed by atoms with Gasteiger partial charge in [-0.3, -0.25) is 9.78 Å². The maximum atomic E-state index is 12.5. The molecule has 126 valence electrons. The molecule has 0 aromatic carbocycles. The zero-order valence-corrected chi connectivity index (χ0v) is 13.7. The number of amides is 1. The lowest BCUT2D eigenvalue weighted by Gasteiger charge is -2.35. The van der Waals surface area contributed by atoms with E-state index in [-0.39, 0.29) is 24.5 Å². The lowest BCUT2D eigenvalue weighted by Crippen LogP contribution is -2.47. The number of carbonyl (C=O) groups excluding carboxylic acids is 1. The zero-order valence-electron chi connectivity index (χ0n) is 12.9. The second kappa shape index (κ2) is 6.50. The molecule has 0 aliphatic carbocycles. The molecule has 2 saturated heterocycles. The van der Waals surface area contributed by atoms with Crippen LogP contribution in [0.5, 0.6) is 0 Å². The summed E-state index contributed by atoms with van der Waals surface area (Å²) in [5.74, 6) is 0.365. The molecule has 1 aromatic rings. The largest absolute Gasteiger partial charge is 0.376 e. The van der Waals surface area contributed by atoms with Crippen LogP contribution in [0, 0.1) is 11.8 Å². The smallest absolute Gasteiger partial charge is 0.274 e. The quantitative estimate of drug-likeness (QED) is 0.793. The van der Waals surface area contributed by atoms with Gasteiger partial charge >= 0.3 is 0 Å². The van der Waals surface area contributed by atoms with Gasteiger partial charge < -0.3 is 9.64 Å². The normalized spacial score (nSPS) is 27.7. The molecule has 23 heavy (non-hydrogen) atoms. The van der Waals surface area contributed by atoms with Gasteiger partial charge in [0.15, 0.2) is 0 Å². The number of aromatic nitrogens is 2. The number of fused-ring (bicyclic) bond motifs is 1. The van der Waals surface area contributed by atoms with Crippen molar-refractivity contribution in [3.63, 3.8) is 0 Å². The molecule has 0 bridgehead atoms. The third-order valence-electron chi connectivity index (χ3n) is 4.42. The summed E-state index contributed by atoms with van der Waals surface area (Å²) in [5.41, 5.74) is 0.329. The van der Waals surface area contributed by atoms with Gasteiger partial charge in [0.25, 0.3) is 5.91 Å². The highest BCUT2D eigenvalue weighted by Crippen LogP contribution is 2.34. The molecule has 3 atom stereocenters. The van der Waals surface area contributed by atoms with Crippen molar-refractivity contribution in [2.24, 2.45) is 11.8 Å². The molecule has 2 aliphatic heterocycles. The first-order chi connectivity index (χ1) is 10.9. The first-order valence-electron chi connectivity index (χ1n) is 7.55. The van der Waals surface area contributed by atoms with Gasteiger partial charge in [-0.1, -0.05) is 0 Å². The summed E-state index contributed by atoms with van der Waals surface area (Å²) in [5, 5.41) is 0. The van der Waals surface area contributed by atoms with E-state index in [0.29, 0.717) is 31.3 Å². The van der Waals surface area contributed by atoms with E-state index in [2.05, 4.69) is 14.7 Å². The predicted molar refractivity (Wildman–Crippen MR) is 82.1 cm³/mol. The minimum absolute atomic E-state index is 0.138. The van der Waals surface area contributed by atoms with Gasteiger partial charge in [-0.15, -0.1) is 0 Å². The lowest BCUT2D eigenvalue weighted by molar-refractivity contribution is 0.0557. The Balaban J connectivity index is 1.66. The molecule has 9 heteroatoms. The average molecular weight is 340 g/mol. The highest BCUT2D eigenvalue weighted by molar-refractivity contribution is 7.88. The highest BCUT2D eigenvalue weighted by Gasteiger charge is 2.42. The number of nitrogens with one attached hydrogen (secondary N) is 1. The van der Waals surface area contributed by atoms with E-state index >= 15 is 0 Å². The molecular weight excluding hydrogens is 320 g/mol. The van der Waals surface area contributed by atoms with Crippen molar-refractivity contribution < 1.29 is 17.9 Å². The van der Waals surface area contributed by atoms with Crippen molar-refractivity contribution in [3.8, 4) is 0 Å². The molecule has 8 nitrogen and oxygen atoms in total. The predicted octanol–water partition coefficient (Wildman–Crippen LogP) is -0.497. The van der Waals surface area contributed by atoms with E-state index < -0.39 is 10.0 Å². The van der Waals surface area contributed by atoms with Gasteiger partial charge in [0.1, 0.15) is 5.69 Å². The number of hydrogen-bond acceptors (Lipinski definition) is 6. The highest BCUT2D eigenvalue weighted by atomic mass is 32.2. The molecule has 1 aromatic heterocycles. The van der Waals surface area contributed by atoms with Crippen LogP contribution < -0.4 is 4.72 Å². The summed E-state index contributed by atoms with van der Waals surface area (Å²) in [7, 11) is -3.25. The Morgan fingerprint density at radius 1 is 1.48 bits per heavy atom. The molecule has 0 spiro atoms. The first-order valence-corrected chi connectivity index (χ1v) is 9.45. The Kier molecular flexibility index (Phi) is 4.60. The SMILES string of the molecule is CS(=O)(=O)NC[C@H]1OC[C@@H]2CCN(C(=O)c3cnccn3)C[C@@H]21. The molecule has 1 amide bonds.